The number of halogens is 6. The Hall–Kier alpha value is -6.78. The third-order valence-corrected chi connectivity index (χ3v) is 9.80. The van der Waals surface area contributed by atoms with E-state index in [0.717, 1.165) is 35.4 Å². The molecule has 6 aromatic rings. The molecule has 0 radical (unpaired) electrons. The molecule has 10 nitrogen and oxygen atoms in total. The van der Waals surface area contributed by atoms with Crippen molar-refractivity contribution >= 4 is 11.8 Å². The van der Waals surface area contributed by atoms with Crippen molar-refractivity contribution in [1.29, 1.82) is 0 Å². The number of aromatic nitrogens is 2. The zero-order chi connectivity index (χ0) is 45.9. The number of nitrogens with two attached hydrogens (primary N) is 2. The Labute approximate surface area is 361 Å². The van der Waals surface area contributed by atoms with Crippen LogP contribution in [0.5, 0.6) is 23.0 Å². The van der Waals surface area contributed by atoms with Gasteiger partial charge in [-0.1, -0.05) is 32.9 Å². The zero-order valence-electron chi connectivity index (χ0n) is 34.9. The molecule has 2 amide bonds. The number of carbonyl (C=O) groups is 2. The lowest BCUT2D eigenvalue weighted by atomic mass is 10.1. The second-order valence-corrected chi connectivity index (χ2v) is 14.2. The molecular formula is C47H46F6N6O4. The van der Waals surface area contributed by atoms with Crippen LogP contribution >= 0.6 is 0 Å². The molecule has 4 N–H and O–H groups in total. The number of primary amides is 2. The predicted molar refractivity (Wildman–Crippen MR) is 228 cm³/mol. The number of alkyl halides is 6. The zero-order valence-corrected chi connectivity index (χ0v) is 34.9. The Morgan fingerprint density at radius 1 is 0.556 bits per heavy atom. The lowest BCUT2D eigenvalue weighted by Crippen LogP contribution is -2.22. The summed E-state index contributed by atoms with van der Waals surface area (Å²) in [7, 11) is 1.83. The van der Waals surface area contributed by atoms with Crippen LogP contribution in [0.2, 0.25) is 0 Å². The van der Waals surface area contributed by atoms with E-state index < -0.39 is 35.3 Å². The summed E-state index contributed by atoms with van der Waals surface area (Å²) in [5.41, 5.74) is 13.0. The molecule has 0 saturated carbocycles. The van der Waals surface area contributed by atoms with E-state index >= 15 is 0 Å². The van der Waals surface area contributed by atoms with E-state index in [4.69, 9.17) is 20.9 Å². The normalized spacial score (nSPS) is 11.6. The van der Waals surface area contributed by atoms with Crippen molar-refractivity contribution in [3.8, 4) is 45.5 Å². The van der Waals surface area contributed by atoms with Gasteiger partial charge in [-0.05, 0) is 136 Å². The molecule has 0 aliphatic rings. The van der Waals surface area contributed by atoms with Crippen molar-refractivity contribution in [1.82, 2.24) is 19.8 Å². The smallest absolute Gasteiger partial charge is 0.416 e. The first kappa shape index (κ1) is 47.3. The van der Waals surface area contributed by atoms with Gasteiger partial charge in [0.2, 0.25) is 0 Å². The summed E-state index contributed by atoms with van der Waals surface area (Å²) in [6.07, 6.45) is -8.85. The summed E-state index contributed by atoms with van der Waals surface area (Å²) in [5, 5.41) is 0. The van der Waals surface area contributed by atoms with Crippen LogP contribution in [0.15, 0.2) is 121 Å². The van der Waals surface area contributed by atoms with E-state index in [9.17, 15) is 35.9 Å². The number of ether oxygens (including phenoxy) is 2. The average molecular weight is 873 g/mol. The first-order valence-corrected chi connectivity index (χ1v) is 19.8. The topological polar surface area (TPSA) is 137 Å². The highest BCUT2D eigenvalue weighted by molar-refractivity contribution is 5.91. The number of benzene rings is 4. The van der Waals surface area contributed by atoms with Gasteiger partial charge in [-0.25, -0.2) is 9.97 Å². The average Bonchev–Trinajstić information content (AvgIpc) is 3.26. The molecule has 0 unspecified atom stereocenters. The Balaban J connectivity index is 0.000000238. The van der Waals surface area contributed by atoms with Crippen LogP contribution in [0.25, 0.3) is 22.5 Å². The quantitative estimate of drug-likeness (QED) is 0.0974. The fourth-order valence-electron chi connectivity index (χ4n) is 6.16. The molecule has 0 aliphatic carbocycles. The number of hydrogen-bond acceptors (Lipinski definition) is 8. The van der Waals surface area contributed by atoms with Crippen molar-refractivity contribution in [3.05, 3.63) is 155 Å². The molecule has 16 heteroatoms. The SMILES string of the molecule is CCN(C)Cc1cc(C(F)(F)F)ccc1Oc1ccc(-c2cccc(C(N)=O)n2)cc1.CCN(CC)Cc1cc(C(F)(F)F)ccc1Oc1ccc(-c2cccc(C(N)=O)n2)cc1. The summed E-state index contributed by atoms with van der Waals surface area (Å²) in [6.45, 7) is 8.59. The van der Waals surface area contributed by atoms with Gasteiger partial charge in [0.15, 0.2) is 0 Å². The summed E-state index contributed by atoms with van der Waals surface area (Å²) in [6, 6.07) is 30.7. The minimum atomic E-state index is -4.43. The standard InChI is InChI=1S/C24H24F3N3O2.C23H22F3N3O2/c1-3-30(4-2)15-17-14-18(24(25,26)27)10-13-22(17)32-19-11-8-16(9-12-19)20-6-5-7-21(29-20)23(28)31;1-3-29(2)14-16-13-17(23(24,25)26)9-12-21(16)31-18-10-7-15(8-11-18)19-5-4-6-20(28-19)22(27)30/h5-14H,3-4,15H2,1-2H3,(H2,28,31);4-13H,3,14H2,1-2H3,(H2,27,30). The highest BCUT2D eigenvalue weighted by Crippen LogP contribution is 2.37. The van der Waals surface area contributed by atoms with Crippen LogP contribution < -0.4 is 20.9 Å². The minimum Gasteiger partial charge on any atom is -0.457 e. The fourth-order valence-corrected chi connectivity index (χ4v) is 6.16. The van der Waals surface area contributed by atoms with Gasteiger partial charge in [0, 0.05) is 35.3 Å². The Bertz CT molecular complexity index is 2490. The van der Waals surface area contributed by atoms with Gasteiger partial charge in [0.1, 0.15) is 34.4 Å². The molecular weight excluding hydrogens is 827 g/mol. The molecule has 0 atom stereocenters. The van der Waals surface area contributed by atoms with Gasteiger partial charge in [0.05, 0.1) is 22.5 Å². The fraction of sp³-hybridized carbons (Fsp3) is 0.234. The number of carbonyl (C=O) groups excluding carboxylic acids is 2. The molecule has 6 rings (SSSR count). The number of pyridine rings is 2. The lowest BCUT2D eigenvalue weighted by molar-refractivity contribution is -0.138. The molecule has 330 valence electrons. The Morgan fingerprint density at radius 3 is 1.30 bits per heavy atom. The maximum Gasteiger partial charge on any atom is 0.416 e. The van der Waals surface area contributed by atoms with E-state index in [-0.39, 0.29) is 11.4 Å². The molecule has 0 aliphatic heterocycles. The van der Waals surface area contributed by atoms with Crippen molar-refractivity contribution in [2.24, 2.45) is 11.5 Å². The molecule has 0 spiro atoms. The van der Waals surface area contributed by atoms with Crippen molar-refractivity contribution in [2.45, 2.75) is 46.2 Å². The van der Waals surface area contributed by atoms with Crippen molar-refractivity contribution in [2.75, 3.05) is 26.7 Å². The van der Waals surface area contributed by atoms with Gasteiger partial charge < -0.3 is 25.8 Å². The van der Waals surface area contributed by atoms with Gasteiger partial charge in [-0.15, -0.1) is 0 Å². The molecule has 63 heavy (non-hydrogen) atoms. The van der Waals surface area contributed by atoms with Crippen LogP contribution in [-0.2, 0) is 25.4 Å². The van der Waals surface area contributed by atoms with Crippen molar-refractivity contribution < 1.29 is 45.4 Å². The maximum atomic E-state index is 13.2. The molecule has 0 saturated heterocycles. The van der Waals surface area contributed by atoms with Gasteiger partial charge >= 0.3 is 12.4 Å². The Kier molecular flexibility index (Phi) is 15.7. The predicted octanol–water partition coefficient (Wildman–Crippen LogP) is 10.6. The van der Waals surface area contributed by atoms with E-state index in [1.807, 2.05) is 37.6 Å². The molecule has 2 heterocycles. The molecule has 2 aromatic heterocycles. The number of hydrogen-bond donors (Lipinski definition) is 2. The highest BCUT2D eigenvalue weighted by atomic mass is 19.4. The van der Waals surface area contributed by atoms with Gasteiger partial charge in [0.25, 0.3) is 11.8 Å². The first-order chi connectivity index (χ1) is 29.9. The third kappa shape index (κ3) is 13.1. The van der Waals surface area contributed by atoms with Gasteiger partial charge in [-0.2, -0.15) is 26.3 Å². The minimum absolute atomic E-state index is 0.160. The summed E-state index contributed by atoms with van der Waals surface area (Å²) < 4.78 is 90.9. The van der Waals surface area contributed by atoms with E-state index in [1.165, 1.54) is 24.3 Å². The Morgan fingerprint density at radius 2 is 0.952 bits per heavy atom. The first-order valence-electron chi connectivity index (χ1n) is 19.8. The van der Waals surface area contributed by atoms with E-state index in [2.05, 4.69) is 9.97 Å². The second-order valence-electron chi connectivity index (χ2n) is 14.2. The highest BCUT2D eigenvalue weighted by Gasteiger charge is 2.32. The second kappa shape index (κ2) is 20.9. The van der Waals surface area contributed by atoms with E-state index in [1.54, 1.807) is 72.8 Å². The largest absolute Gasteiger partial charge is 0.457 e. The summed E-state index contributed by atoms with van der Waals surface area (Å²) >= 11 is 0. The van der Waals surface area contributed by atoms with Gasteiger partial charge in [-0.3, -0.25) is 14.5 Å². The van der Waals surface area contributed by atoms with E-state index in [0.29, 0.717) is 78.2 Å². The molecule has 4 aromatic carbocycles. The summed E-state index contributed by atoms with van der Waals surface area (Å²) in [4.78, 5) is 35.0. The maximum absolute atomic E-state index is 13.2. The third-order valence-electron chi connectivity index (χ3n) is 9.80. The number of nitrogens with zero attached hydrogens (tertiary/aromatic N) is 4. The van der Waals surface area contributed by atoms with Crippen LogP contribution in [0, 0.1) is 0 Å². The molecule has 0 fully saturated rings. The van der Waals surface area contributed by atoms with Crippen LogP contribution in [0.1, 0.15) is 64.0 Å². The van der Waals surface area contributed by atoms with Crippen LogP contribution in [0.4, 0.5) is 26.3 Å². The van der Waals surface area contributed by atoms with Crippen LogP contribution in [-0.4, -0.2) is 58.3 Å². The van der Waals surface area contributed by atoms with Crippen LogP contribution in [0.3, 0.4) is 0 Å². The number of amides is 2. The summed E-state index contributed by atoms with van der Waals surface area (Å²) in [5.74, 6) is 0.431. The lowest BCUT2D eigenvalue weighted by Gasteiger charge is -2.21. The molecule has 0 bridgehead atoms. The monoisotopic (exact) mass is 872 g/mol. The van der Waals surface area contributed by atoms with Crippen molar-refractivity contribution in [3.63, 3.8) is 0 Å². The number of rotatable bonds is 15.